The third-order valence-corrected chi connectivity index (χ3v) is 2.79. The second kappa shape index (κ2) is 5.23. The Bertz CT molecular complexity index is 323. The molecule has 2 rings (SSSR count). The molecular weight excluding hydrogens is 205 g/mol. The fraction of sp³-hybridized carbons (Fsp3) is 0.455. The minimum atomic E-state index is -2.25. The van der Waals surface area contributed by atoms with Crippen LogP contribution >= 0.6 is 0 Å². The van der Waals surface area contributed by atoms with Crippen LogP contribution < -0.4 is 19.6 Å². The molecule has 1 aromatic carbocycles. The maximum absolute atomic E-state index is 10.3. The zero-order valence-corrected chi connectivity index (χ0v) is 9.09. The standard InChI is InChI=1S/C11H14BNO3/c14-12(15)16-11-6-4-10(5-7-11)13-8-2-1-3-9-13/h4-7H,1-3,8-9H2/q-2. The first-order valence-corrected chi connectivity index (χ1v) is 5.59. The number of anilines is 1. The normalized spacial score (nSPS) is 16.0. The van der Waals surface area contributed by atoms with E-state index < -0.39 is 7.32 Å². The zero-order chi connectivity index (χ0) is 11.4. The van der Waals surface area contributed by atoms with Crippen molar-refractivity contribution in [2.24, 2.45) is 0 Å². The summed E-state index contributed by atoms with van der Waals surface area (Å²) in [5.74, 6) is 0.343. The number of nitrogens with zero attached hydrogens (tertiary/aromatic N) is 1. The topological polar surface area (TPSA) is 58.6 Å². The molecule has 0 saturated carbocycles. The fourth-order valence-electron chi connectivity index (χ4n) is 2.00. The minimum Gasteiger partial charge on any atom is -0.860 e. The second-order valence-electron chi connectivity index (χ2n) is 3.95. The van der Waals surface area contributed by atoms with Crippen molar-refractivity contribution in [3.8, 4) is 5.75 Å². The third kappa shape index (κ3) is 2.90. The molecule has 0 atom stereocenters. The summed E-state index contributed by atoms with van der Waals surface area (Å²) in [6.45, 7) is 2.15. The Kier molecular flexibility index (Phi) is 3.69. The predicted octanol–water partition coefficient (Wildman–Crippen LogP) is -0.239. The molecule has 1 aromatic rings. The summed E-state index contributed by atoms with van der Waals surface area (Å²) in [6.07, 6.45) is 3.74. The summed E-state index contributed by atoms with van der Waals surface area (Å²) in [4.78, 5) is 2.30. The van der Waals surface area contributed by atoms with Gasteiger partial charge in [0.25, 0.3) is 0 Å². The largest absolute Gasteiger partial charge is 0.860 e. The van der Waals surface area contributed by atoms with Gasteiger partial charge in [-0.25, -0.2) is 0 Å². The number of hydrogen-bond acceptors (Lipinski definition) is 4. The molecule has 1 aliphatic heterocycles. The van der Waals surface area contributed by atoms with Crippen LogP contribution in [0, 0.1) is 0 Å². The first kappa shape index (κ1) is 11.3. The van der Waals surface area contributed by atoms with Crippen LogP contribution in [0.15, 0.2) is 24.3 Å². The van der Waals surface area contributed by atoms with E-state index in [1.807, 2.05) is 12.1 Å². The summed E-state index contributed by atoms with van der Waals surface area (Å²) in [6, 6.07) is 7.13. The molecular formula is C11H14BNO3-2. The van der Waals surface area contributed by atoms with E-state index in [2.05, 4.69) is 9.55 Å². The van der Waals surface area contributed by atoms with E-state index in [0.717, 1.165) is 18.8 Å². The monoisotopic (exact) mass is 219 g/mol. The summed E-state index contributed by atoms with van der Waals surface area (Å²) < 4.78 is 4.53. The lowest BCUT2D eigenvalue weighted by atomic mass is 10.1. The molecule has 1 heterocycles. The Labute approximate surface area is 95.6 Å². The molecule has 86 valence electrons. The van der Waals surface area contributed by atoms with Crippen molar-refractivity contribution in [2.45, 2.75) is 19.3 Å². The Hall–Kier alpha value is -1.20. The molecule has 0 aromatic heterocycles. The van der Waals surface area contributed by atoms with Gasteiger partial charge in [0.1, 0.15) is 7.32 Å². The van der Waals surface area contributed by atoms with Gasteiger partial charge in [0.2, 0.25) is 0 Å². The molecule has 16 heavy (non-hydrogen) atoms. The van der Waals surface area contributed by atoms with Crippen molar-refractivity contribution in [1.82, 2.24) is 0 Å². The van der Waals surface area contributed by atoms with E-state index in [4.69, 9.17) is 0 Å². The lowest BCUT2D eigenvalue weighted by Gasteiger charge is -2.30. The van der Waals surface area contributed by atoms with E-state index in [9.17, 15) is 10.0 Å². The molecule has 0 bridgehead atoms. The highest BCUT2D eigenvalue weighted by molar-refractivity contribution is 6.29. The average Bonchev–Trinajstić information content (AvgIpc) is 2.30. The maximum Gasteiger partial charge on any atom is 0.133 e. The number of hydrogen-bond donors (Lipinski definition) is 0. The van der Waals surface area contributed by atoms with Crippen LogP contribution in [0.3, 0.4) is 0 Å². The molecule has 5 heteroatoms. The van der Waals surface area contributed by atoms with Crippen molar-refractivity contribution < 1.29 is 14.7 Å². The molecule has 1 aliphatic rings. The Morgan fingerprint density at radius 2 is 1.62 bits per heavy atom. The zero-order valence-electron chi connectivity index (χ0n) is 9.09. The quantitative estimate of drug-likeness (QED) is 0.658. The molecule has 0 spiro atoms. The van der Waals surface area contributed by atoms with Gasteiger partial charge in [-0.3, -0.25) is 0 Å². The summed E-state index contributed by atoms with van der Waals surface area (Å²) >= 11 is 0. The van der Waals surface area contributed by atoms with Gasteiger partial charge in [-0.1, -0.05) is 0 Å². The second-order valence-corrected chi connectivity index (χ2v) is 3.95. The number of rotatable bonds is 3. The molecule has 0 unspecified atom stereocenters. The van der Waals surface area contributed by atoms with E-state index >= 15 is 0 Å². The lowest BCUT2D eigenvalue weighted by molar-refractivity contribution is -0.372. The Balaban J connectivity index is 2.00. The molecule has 0 aliphatic carbocycles. The van der Waals surface area contributed by atoms with Crippen LogP contribution in [-0.4, -0.2) is 20.4 Å². The fourth-order valence-corrected chi connectivity index (χ4v) is 2.00. The van der Waals surface area contributed by atoms with Crippen molar-refractivity contribution >= 4 is 13.0 Å². The molecule has 4 nitrogen and oxygen atoms in total. The smallest absolute Gasteiger partial charge is 0.133 e. The highest BCUT2D eigenvalue weighted by Crippen LogP contribution is 2.22. The van der Waals surface area contributed by atoms with Gasteiger partial charge >= 0.3 is 0 Å². The van der Waals surface area contributed by atoms with Gasteiger partial charge in [0, 0.05) is 18.8 Å². The molecule has 1 saturated heterocycles. The molecule has 0 amide bonds. The predicted molar refractivity (Wildman–Crippen MR) is 58.9 cm³/mol. The average molecular weight is 219 g/mol. The molecule has 1 fully saturated rings. The minimum absolute atomic E-state index is 0.343. The van der Waals surface area contributed by atoms with Crippen LogP contribution in [0.4, 0.5) is 5.69 Å². The van der Waals surface area contributed by atoms with Crippen molar-refractivity contribution in [3.05, 3.63) is 24.3 Å². The van der Waals surface area contributed by atoms with E-state index in [1.54, 1.807) is 12.1 Å². The van der Waals surface area contributed by atoms with Crippen LogP contribution in [-0.2, 0) is 0 Å². The van der Waals surface area contributed by atoms with E-state index in [-0.39, 0.29) is 0 Å². The van der Waals surface area contributed by atoms with Crippen molar-refractivity contribution in [3.63, 3.8) is 0 Å². The van der Waals surface area contributed by atoms with Crippen LogP contribution in [0.25, 0.3) is 0 Å². The van der Waals surface area contributed by atoms with Gasteiger partial charge in [-0.15, -0.1) is 0 Å². The van der Waals surface area contributed by atoms with Gasteiger partial charge in [0.05, 0.1) is 5.75 Å². The van der Waals surface area contributed by atoms with E-state index in [0.29, 0.717) is 5.75 Å². The SMILES string of the molecule is [O-]B([O-])Oc1ccc(N2CCCCC2)cc1. The number of piperidine rings is 1. The molecule has 0 radical (unpaired) electrons. The van der Waals surface area contributed by atoms with Gasteiger partial charge in [0.15, 0.2) is 0 Å². The first-order chi connectivity index (χ1) is 7.75. The lowest BCUT2D eigenvalue weighted by Crippen LogP contribution is -2.50. The van der Waals surface area contributed by atoms with Crippen LogP contribution in [0.5, 0.6) is 5.75 Å². The van der Waals surface area contributed by atoms with E-state index in [1.165, 1.54) is 19.3 Å². The number of benzene rings is 1. The molecule has 0 N–H and O–H groups in total. The Morgan fingerprint density at radius 3 is 2.19 bits per heavy atom. The highest BCUT2D eigenvalue weighted by atomic mass is 16.6. The third-order valence-electron chi connectivity index (χ3n) is 2.79. The van der Waals surface area contributed by atoms with Gasteiger partial charge in [-0.05, 0) is 43.5 Å². The summed E-state index contributed by atoms with van der Waals surface area (Å²) in [7, 11) is -2.25. The van der Waals surface area contributed by atoms with Crippen molar-refractivity contribution in [1.29, 1.82) is 0 Å². The summed E-state index contributed by atoms with van der Waals surface area (Å²) in [5, 5.41) is 20.6. The summed E-state index contributed by atoms with van der Waals surface area (Å²) in [5.41, 5.74) is 1.13. The van der Waals surface area contributed by atoms with Gasteiger partial charge < -0.3 is 19.6 Å². The highest BCUT2D eigenvalue weighted by Gasteiger charge is 2.10. The van der Waals surface area contributed by atoms with Crippen LogP contribution in [0.2, 0.25) is 0 Å². The van der Waals surface area contributed by atoms with Crippen molar-refractivity contribution in [2.75, 3.05) is 18.0 Å². The Morgan fingerprint density at radius 1 is 1.00 bits per heavy atom. The maximum atomic E-state index is 10.3. The first-order valence-electron chi connectivity index (χ1n) is 5.59. The van der Waals surface area contributed by atoms with Gasteiger partial charge in [-0.2, -0.15) is 0 Å². The van der Waals surface area contributed by atoms with Crippen LogP contribution in [0.1, 0.15) is 19.3 Å².